The molecule has 0 unspecified atom stereocenters. The normalized spacial score (nSPS) is 31.5. The first-order valence-corrected chi connectivity index (χ1v) is 11.0. The number of aromatic nitrogens is 1. The summed E-state index contributed by atoms with van der Waals surface area (Å²) >= 11 is 1.30. The van der Waals surface area contributed by atoms with Crippen molar-refractivity contribution in [2.75, 3.05) is 0 Å². The van der Waals surface area contributed by atoms with E-state index in [1.54, 1.807) is 0 Å². The molecule has 0 saturated heterocycles. The van der Waals surface area contributed by atoms with Gasteiger partial charge in [0.25, 0.3) is 5.91 Å². The summed E-state index contributed by atoms with van der Waals surface area (Å²) in [6.07, 6.45) is 8.62. The van der Waals surface area contributed by atoms with Crippen molar-refractivity contribution in [1.82, 2.24) is 4.57 Å². The van der Waals surface area contributed by atoms with Gasteiger partial charge in [0.1, 0.15) is 11.6 Å². The zero-order chi connectivity index (χ0) is 19.5. The van der Waals surface area contributed by atoms with Crippen LogP contribution in [-0.4, -0.2) is 10.5 Å². The highest BCUT2D eigenvalue weighted by atomic mass is 32.1. The first kappa shape index (κ1) is 18.2. The van der Waals surface area contributed by atoms with Gasteiger partial charge in [0, 0.05) is 24.4 Å². The van der Waals surface area contributed by atoms with Crippen LogP contribution in [0, 0.1) is 34.8 Å². The Bertz CT molecular complexity index is 971. The van der Waals surface area contributed by atoms with Gasteiger partial charge in [-0.25, -0.2) is 8.78 Å². The van der Waals surface area contributed by atoms with Crippen LogP contribution >= 0.6 is 11.3 Å². The molecule has 1 heterocycles. The zero-order valence-electron chi connectivity index (χ0n) is 16.0. The van der Waals surface area contributed by atoms with Crippen LogP contribution in [0.4, 0.5) is 8.78 Å². The van der Waals surface area contributed by atoms with E-state index >= 15 is 0 Å². The average Bonchev–Trinajstić information content (AvgIpc) is 3.03. The van der Waals surface area contributed by atoms with E-state index in [-0.39, 0.29) is 11.3 Å². The number of carbonyl (C=O) groups excluding carboxylic acids is 1. The van der Waals surface area contributed by atoms with Gasteiger partial charge < -0.3 is 4.57 Å². The number of hydrogen-bond acceptors (Lipinski definition) is 2. The van der Waals surface area contributed by atoms with Crippen LogP contribution in [0.5, 0.6) is 0 Å². The molecule has 6 heteroatoms. The highest BCUT2D eigenvalue weighted by molar-refractivity contribution is 7.12. The number of aryl methyl sites for hydroxylation is 1. The van der Waals surface area contributed by atoms with Gasteiger partial charge in [0.05, 0.1) is 10.3 Å². The summed E-state index contributed by atoms with van der Waals surface area (Å²) in [7, 11) is 0. The Labute approximate surface area is 167 Å². The molecule has 0 atom stereocenters. The van der Waals surface area contributed by atoms with Gasteiger partial charge in [-0.05, 0) is 75.3 Å². The van der Waals surface area contributed by atoms with Crippen molar-refractivity contribution >= 4 is 17.2 Å². The third-order valence-corrected chi connectivity index (χ3v) is 8.00. The standard InChI is InChI=1S/C22H24F2N2OS/c1-2-26-12-19(17-4-3-16(23)8-18(17)24)28-21(26)25-20(27)22-9-13-5-14(10-22)7-15(6-13)11-22/h3-4,8,12-15H,2,5-7,9-11H2,1H3. The number of rotatable bonds is 3. The summed E-state index contributed by atoms with van der Waals surface area (Å²) in [5, 5.41) is 0. The highest BCUT2D eigenvalue weighted by Crippen LogP contribution is 2.60. The lowest BCUT2D eigenvalue weighted by molar-refractivity contribution is -0.142. The minimum atomic E-state index is -0.594. The molecule has 4 bridgehead atoms. The Balaban J connectivity index is 1.51. The summed E-state index contributed by atoms with van der Waals surface area (Å²) in [6, 6.07) is 3.59. The molecule has 28 heavy (non-hydrogen) atoms. The summed E-state index contributed by atoms with van der Waals surface area (Å²) in [5.74, 6) is 0.899. The maximum absolute atomic E-state index is 14.2. The summed E-state index contributed by atoms with van der Waals surface area (Å²) in [6.45, 7) is 2.62. The maximum atomic E-state index is 14.2. The van der Waals surface area contributed by atoms with Crippen LogP contribution in [0.1, 0.15) is 45.4 Å². The molecule has 1 aromatic carbocycles. The van der Waals surface area contributed by atoms with Gasteiger partial charge in [0.15, 0.2) is 4.80 Å². The molecule has 0 aliphatic heterocycles. The molecule has 1 amide bonds. The van der Waals surface area contributed by atoms with E-state index in [0.29, 0.717) is 39.5 Å². The molecule has 148 valence electrons. The van der Waals surface area contributed by atoms with Gasteiger partial charge in [-0.3, -0.25) is 4.79 Å². The lowest BCUT2D eigenvalue weighted by atomic mass is 9.49. The summed E-state index contributed by atoms with van der Waals surface area (Å²) in [4.78, 5) is 19.1. The molecule has 4 fully saturated rings. The largest absolute Gasteiger partial charge is 0.323 e. The van der Waals surface area contributed by atoms with Crippen molar-refractivity contribution in [2.45, 2.75) is 52.0 Å². The van der Waals surface area contributed by atoms with Crippen LogP contribution in [-0.2, 0) is 11.3 Å². The van der Waals surface area contributed by atoms with Gasteiger partial charge in [-0.15, -0.1) is 0 Å². The molecule has 4 aliphatic carbocycles. The van der Waals surface area contributed by atoms with Gasteiger partial charge in [-0.1, -0.05) is 11.3 Å². The number of nitrogens with zero attached hydrogens (tertiary/aromatic N) is 2. The third-order valence-electron chi connectivity index (χ3n) is 6.95. The van der Waals surface area contributed by atoms with Crippen LogP contribution in [0.2, 0.25) is 0 Å². The van der Waals surface area contributed by atoms with Gasteiger partial charge >= 0.3 is 0 Å². The van der Waals surface area contributed by atoms with E-state index in [4.69, 9.17) is 0 Å². The Hall–Kier alpha value is -1.82. The molecule has 4 aliphatic rings. The van der Waals surface area contributed by atoms with E-state index in [0.717, 1.165) is 25.3 Å². The van der Waals surface area contributed by atoms with E-state index < -0.39 is 11.6 Å². The molecule has 0 spiro atoms. The smallest absolute Gasteiger partial charge is 0.254 e. The number of thiazole rings is 1. The van der Waals surface area contributed by atoms with Crippen molar-refractivity contribution in [2.24, 2.45) is 28.2 Å². The van der Waals surface area contributed by atoms with Crippen LogP contribution in [0.15, 0.2) is 29.4 Å². The lowest BCUT2D eigenvalue weighted by Crippen LogP contribution is -2.49. The quantitative estimate of drug-likeness (QED) is 0.698. The van der Waals surface area contributed by atoms with E-state index in [1.807, 2.05) is 17.7 Å². The van der Waals surface area contributed by atoms with E-state index in [2.05, 4.69) is 4.99 Å². The predicted octanol–water partition coefficient (Wildman–Crippen LogP) is 5.16. The van der Waals surface area contributed by atoms with Crippen molar-refractivity contribution < 1.29 is 13.6 Å². The molecule has 3 nitrogen and oxygen atoms in total. The minimum absolute atomic E-state index is 0.0155. The fraction of sp³-hybridized carbons (Fsp3) is 0.545. The number of carbonyl (C=O) groups is 1. The second-order valence-electron chi connectivity index (χ2n) is 8.90. The van der Waals surface area contributed by atoms with E-state index in [9.17, 15) is 13.6 Å². The topological polar surface area (TPSA) is 34.4 Å². The lowest BCUT2D eigenvalue weighted by Gasteiger charge is -2.55. The number of hydrogen-bond donors (Lipinski definition) is 0. The van der Waals surface area contributed by atoms with Crippen LogP contribution in [0.25, 0.3) is 10.4 Å². The third kappa shape index (κ3) is 2.97. The summed E-state index contributed by atoms with van der Waals surface area (Å²) < 4.78 is 29.3. The number of benzene rings is 1. The molecule has 1 aromatic heterocycles. The Morgan fingerprint density at radius 3 is 2.39 bits per heavy atom. The molecular formula is C22H24F2N2OS. The SMILES string of the molecule is CCn1cc(-c2ccc(F)cc2F)sc1=NC(=O)C12CC3CC(CC(C3)C1)C2. The first-order valence-electron chi connectivity index (χ1n) is 10.2. The number of amides is 1. The van der Waals surface area contributed by atoms with Gasteiger partial charge in [0.2, 0.25) is 0 Å². The van der Waals surface area contributed by atoms with Crippen LogP contribution in [0.3, 0.4) is 0 Å². The predicted molar refractivity (Wildman–Crippen MR) is 105 cm³/mol. The summed E-state index contributed by atoms with van der Waals surface area (Å²) in [5.41, 5.74) is 0.0725. The monoisotopic (exact) mass is 402 g/mol. The Kier molecular flexibility index (Phi) is 4.30. The van der Waals surface area contributed by atoms with Crippen molar-refractivity contribution in [3.63, 3.8) is 0 Å². The Morgan fingerprint density at radius 1 is 1.18 bits per heavy atom. The highest BCUT2D eigenvalue weighted by Gasteiger charge is 2.54. The fourth-order valence-corrected chi connectivity index (χ4v) is 7.17. The average molecular weight is 403 g/mol. The molecule has 0 N–H and O–H groups in total. The van der Waals surface area contributed by atoms with Crippen molar-refractivity contribution in [3.8, 4) is 10.4 Å². The van der Waals surface area contributed by atoms with Gasteiger partial charge in [-0.2, -0.15) is 4.99 Å². The van der Waals surface area contributed by atoms with Crippen molar-refractivity contribution in [3.05, 3.63) is 40.8 Å². The van der Waals surface area contributed by atoms with Crippen molar-refractivity contribution in [1.29, 1.82) is 0 Å². The minimum Gasteiger partial charge on any atom is -0.323 e. The zero-order valence-corrected chi connectivity index (χ0v) is 16.8. The molecular weight excluding hydrogens is 378 g/mol. The molecule has 2 aromatic rings. The molecule has 4 saturated carbocycles. The fourth-order valence-electron chi connectivity index (χ4n) is 6.09. The number of halogens is 2. The first-order chi connectivity index (χ1) is 13.5. The second-order valence-corrected chi connectivity index (χ2v) is 9.91. The molecule has 0 radical (unpaired) electrons. The second kappa shape index (κ2) is 6.61. The maximum Gasteiger partial charge on any atom is 0.254 e. The Morgan fingerprint density at radius 2 is 1.82 bits per heavy atom. The van der Waals surface area contributed by atoms with E-state index in [1.165, 1.54) is 42.7 Å². The van der Waals surface area contributed by atoms with Crippen LogP contribution < -0.4 is 4.80 Å². The molecule has 6 rings (SSSR count).